The van der Waals surface area contributed by atoms with Crippen LogP contribution in [0.3, 0.4) is 0 Å². The molecule has 0 N–H and O–H groups in total. The van der Waals surface area contributed by atoms with Gasteiger partial charge < -0.3 is 8.98 Å². The molecule has 1 amide bonds. The summed E-state index contributed by atoms with van der Waals surface area (Å²) in [4.78, 5) is 14.5. The Bertz CT molecular complexity index is 1230. The number of thiophene rings is 1. The zero-order chi connectivity index (χ0) is 22.6. The Hall–Kier alpha value is -3.17. The highest BCUT2D eigenvalue weighted by atomic mass is 32.2. The number of carbonyl (C=O) groups is 1. The first kappa shape index (κ1) is 21.7. The molecule has 0 spiro atoms. The quantitative estimate of drug-likeness (QED) is 0.336. The van der Waals surface area contributed by atoms with Crippen molar-refractivity contribution in [1.82, 2.24) is 19.8 Å². The molecule has 1 aromatic carbocycles. The van der Waals surface area contributed by atoms with E-state index in [1.54, 1.807) is 28.9 Å². The topological polar surface area (TPSA) is 76.5 Å². The van der Waals surface area contributed by atoms with E-state index < -0.39 is 0 Å². The van der Waals surface area contributed by atoms with E-state index in [0.29, 0.717) is 6.42 Å². The van der Waals surface area contributed by atoms with E-state index in [9.17, 15) is 4.79 Å². The zero-order valence-electron chi connectivity index (χ0n) is 18.1. The predicted molar refractivity (Wildman–Crippen MR) is 129 cm³/mol. The lowest BCUT2D eigenvalue weighted by atomic mass is 10.0. The van der Waals surface area contributed by atoms with Gasteiger partial charge in [-0.1, -0.05) is 47.7 Å². The molecule has 1 aliphatic rings. The third-order valence-electron chi connectivity index (χ3n) is 5.51. The maximum Gasteiger partial charge on any atom is 0.253 e. The number of hydrogen-bond donors (Lipinski definition) is 0. The molecular formula is C24H23N5O2S2. The lowest BCUT2D eigenvalue weighted by Gasteiger charge is -2.19. The van der Waals surface area contributed by atoms with Crippen LogP contribution in [0.1, 0.15) is 34.2 Å². The molecule has 5 rings (SSSR count). The number of hydrazone groups is 1. The smallest absolute Gasteiger partial charge is 0.253 e. The van der Waals surface area contributed by atoms with Gasteiger partial charge >= 0.3 is 0 Å². The van der Waals surface area contributed by atoms with Crippen molar-refractivity contribution in [2.45, 2.75) is 37.5 Å². The highest BCUT2D eigenvalue weighted by Gasteiger charge is 2.34. The van der Waals surface area contributed by atoms with Crippen molar-refractivity contribution in [1.29, 1.82) is 0 Å². The third-order valence-corrected chi connectivity index (χ3v) is 7.41. The van der Waals surface area contributed by atoms with Crippen LogP contribution in [-0.4, -0.2) is 37.1 Å². The van der Waals surface area contributed by atoms with Gasteiger partial charge in [0.15, 0.2) is 5.16 Å². The maximum atomic E-state index is 13.2. The first-order valence-corrected chi connectivity index (χ1v) is 12.6. The third kappa shape index (κ3) is 4.94. The summed E-state index contributed by atoms with van der Waals surface area (Å²) in [5.41, 5.74) is 3.09. The SMILES string of the molecule is Cc1ccc(C2=NN(C(=O)CSc3nncn3CCc3cccs3)C(c3ccco3)C2)cc1. The van der Waals surface area contributed by atoms with Gasteiger partial charge in [-0.2, -0.15) is 5.10 Å². The number of furan rings is 1. The molecule has 0 bridgehead atoms. The summed E-state index contributed by atoms with van der Waals surface area (Å²) >= 11 is 3.12. The molecule has 0 aliphatic carbocycles. The lowest BCUT2D eigenvalue weighted by molar-refractivity contribution is -0.130. The Morgan fingerprint density at radius 2 is 2.09 bits per heavy atom. The van der Waals surface area contributed by atoms with Crippen LogP contribution in [-0.2, 0) is 17.8 Å². The molecule has 33 heavy (non-hydrogen) atoms. The fourth-order valence-corrected chi connectivity index (χ4v) is 5.24. The van der Waals surface area contributed by atoms with Crippen molar-refractivity contribution >= 4 is 34.7 Å². The summed E-state index contributed by atoms with van der Waals surface area (Å²) in [6.45, 7) is 2.83. The molecule has 4 heterocycles. The predicted octanol–water partition coefficient (Wildman–Crippen LogP) is 4.95. The minimum absolute atomic E-state index is 0.0867. The fourth-order valence-electron chi connectivity index (χ4n) is 3.75. The summed E-state index contributed by atoms with van der Waals surface area (Å²) in [6.07, 6.45) is 4.88. The Kier molecular flexibility index (Phi) is 6.41. The summed E-state index contributed by atoms with van der Waals surface area (Å²) in [7, 11) is 0. The molecule has 3 aromatic heterocycles. The van der Waals surface area contributed by atoms with Gasteiger partial charge in [0.1, 0.15) is 18.1 Å². The van der Waals surface area contributed by atoms with Crippen LogP contribution in [0.5, 0.6) is 0 Å². The molecule has 0 fully saturated rings. The monoisotopic (exact) mass is 477 g/mol. The molecule has 0 saturated heterocycles. The molecule has 7 nitrogen and oxygen atoms in total. The summed E-state index contributed by atoms with van der Waals surface area (Å²) < 4.78 is 7.63. The highest BCUT2D eigenvalue weighted by Crippen LogP contribution is 2.34. The number of nitrogens with zero attached hydrogens (tertiary/aromatic N) is 5. The second kappa shape index (κ2) is 9.76. The summed E-state index contributed by atoms with van der Waals surface area (Å²) in [6, 6.07) is 15.9. The zero-order valence-corrected chi connectivity index (χ0v) is 19.8. The van der Waals surface area contributed by atoms with Crippen LogP contribution in [0.25, 0.3) is 0 Å². The van der Waals surface area contributed by atoms with Crippen LogP contribution in [0, 0.1) is 6.92 Å². The first-order valence-electron chi connectivity index (χ1n) is 10.7. The Labute approximate surface area is 200 Å². The largest absolute Gasteiger partial charge is 0.467 e. The normalized spacial score (nSPS) is 15.7. The van der Waals surface area contributed by atoms with Crippen LogP contribution >= 0.6 is 23.1 Å². The molecule has 9 heteroatoms. The molecule has 0 radical (unpaired) electrons. The van der Waals surface area contributed by atoms with E-state index in [-0.39, 0.29) is 17.7 Å². The Balaban J connectivity index is 1.29. The van der Waals surface area contributed by atoms with E-state index in [4.69, 9.17) is 9.52 Å². The average Bonchev–Trinajstić information content (AvgIpc) is 3.62. The Morgan fingerprint density at radius 3 is 2.85 bits per heavy atom. The van der Waals surface area contributed by atoms with Crippen molar-refractivity contribution in [3.8, 4) is 0 Å². The number of carbonyl (C=O) groups excluding carboxylic acids is 1. The van der Waals surface area contributed by atoms with Gasteiger partial charge in [0.25, 0.3) is 5.91 Å². The van der Waals surface area contributed by atoms with E-state index >= 15 is 0 Å². The first-order chi connectivity index (χ1) is 16.2. The summed E-state index contributed by atoms with van der Waals surface area (Å²) in [5, 5.41) is 17.3. The molecular weight excluding hydrogens is 454 g/mol. The average molecular weight is 478 g/mol. The van der Waals surface area contributed by atoms with Crippen LogP contribution in [0.15, 0.2) is 81.2 Å². The van der Waals surface area contributed by atoms with Crippen LogP contribution < -0.4 is 0 Å². The summed E-state index contributed by atoms with van der Waals surface area (Å²) in [5.74, 6) is 0.870. The Morgan fingerprint density at radius 1 is 1.21 bits per heavy atom. The van der Waals surface area contributed by atoms with E-state index in [1.165, 1.54) is 22.2 Å². The van der Waals surface area contributed by atoms with Gasteiger partial charge in [-0.05, 0) is 42.5 Å². The molecule has 1 aliphatic heterocycles. The van der Waals surface area contributed by atoms with Crippen molar-refractivity contribution in [2.75, 3.05) is 5.75 Å². The maximum absolute atomic E-state index is 13.2. The number of thioether (sulfide) groups is 1. The van der Waals surface area contributed by atoms with Crippen LogP contribution in [0.2, 0.25) is 0 Å². The number of aryl methyl sites for hydroxylation is 3. The van der Waals surface area contributed by atoms with Crippen molar-refractivity contribution in [2.24, 2.45) is 5.10 Å². The van der Waals surface area contributed by atoms with E-state index in [2.05, 4.69) is 46.8 Å². The van der Waals surface area contributed by atoms with Crippen LogP contribution in [0.4, 0.5) is 0 Å². The van der Waals surface area contributed by atoms with Crippen molar-refractivity contribution in [3.63, 3.8) is 0 Å². The molecule has 168 valence electrons. The van der Waals surface area contributed by atoms with Gasteiger partial charge in [-0.25, -0.2) is 5.01 Å². The van der Waals surface area contributed by atoms with E-state index in [0.717, 1.165) is 35.2 Å². The minimum Gasteiger partial charge on any atom is -0.467 e. The number of aromatic nitrogens is 3. The second-order valence-corrected chi connectivity index (χ2v) is 9.79. The number of rotatable bonds is 8. The number of benzene rings is 1. The van der Waals surface area contributed by atoms with Gasteiger partial charge in [0.05, 0.1) is 17.7 Å². The van der Waals surface area contributed by atoms with E-state index in [1.807, 2.05) is 28.8 Å². The molecule has 4 aromatic rings. The van der Waals surface area contributed by atoms with Gasteiger partial charge in [-0.3, -0.25) is 4.79 Å². The second-order valence-electron chi connectivity index (χ2n) is 7.81. The molecule has 1 atom stereocenters. The lowest BCUT2D eigenvalue weighted by Crippen LogP contribution is -2.28. The standard InChI is InChI=1S/C24H23N5O2S2/c1-17-6-8-18(9-7-17)20-14-21(22-5-2-12-31-22)29(27-20)23(30)15-33-24-26-25-16-28(24)11-10-19-4-3-13-32-19/h2-9,12-13,16,21H,10-11,14-15H2,1H3. The van der Waals surface area contributed by atoms with Gasteiger partial charge in [0, 0.05) is 17.8 Å². The number of amides is 1. The van der Waals surface area contributed by atoms with Gasteiger partial charge in [0.2, 0.25) is 0 Å². The van der Waals surface area contributed by atoms with Gasteiger partial charge in [-0.15, -0.1) is 21.5 Å². The number of hydrogen-bond acceptors (Lipinski definition) is 7. The minimum atomic E-state index is -0.249. The molecule has 1 unspecified atom stereocenters. The van der Waals surface area contributed by atoms with Crippen molar-refractivity contribution < 1.29 is 9.21 Å². The van der Waals surface area contributed by atoms with Crippen molar-refractivity contribution in [3.05, 3.63) is 88.3 Å². The highest BCUT2D eigenvalue weighted by molar-refractivity contribution is 7.99. The fraction of sp³-hybridized carbons (Fsp3) is 0.250. The molecule has 0 saturated carbocycles.